The van der Waals surface area contributed by atoms with Gasteiger partial charge in [0.05, 0.1) is 39.8 Å². The SMILES string of the molecule is C[C@@]12C=C[C@@H](O1)[C@H]1C(=O)N(c3ccc(Cl)c(C(=O)O)c3)C(=O)[C@H]12. The van der Waals surface area contributed by atoms with Crippen LogP contribution in [-0.4, -0.2) is 34.6 Å². The van der Waals surface area contributed by atoms with Crippen molar-refractivity contribution in [1.29, 1.82) is 0 Å². The average Bonchev–Trinajstić information content (AvgIpc) is 3.09. The summed E-state index contributed by atoms with van der Waals surface area (Å²) < 4.78 is 5.74. The monoisotopic (exact) mass is 333 g/mol. The molecule has 1 aromatic carbocycles. The Bertz CT molecular complexity index is 804. The predicted molar refractivity (Wildman–Crippen MR) is 80.3 cm³/mol. The number of imide groups is 1. The zero-order chi connectivity index (χ0) is 16.5. The molecule has 1 aromatic rings. The number of halogens is 1. The van der Waals surface area contributed by atoms with Crippen molar-refractivity contribution in [3.8, 4) is 0 Å². The summed E-state index contributed by atoms with van der Waals surface area (Å²) in [6.07, 6.45) is 3.22. The Hall–Kier alpha value is -2.18. The Labute approximate surface area is 136 Å². The van der Waals surface area contributed by atoms with Crippen LogP contribution in [0.1, 0.15) is 17.3 Å². The van der Waals surface area contributed by atoms with Crippen LogP contribution in [0.3, 0.4) is 0 Å². The highest BCUT2D eigenvalue weighted by Gasteiger charge is 2.66. The number of hydrogen-bond donors (Lipinski definition) is 1. The lowest BCUT2D eigenvalue weighted by Gasteiger charge is -2.24. The summed E-state index contributed by atoms with van der Waals surface area (Å²) in [5, 5.41) is 9.21. The molecule has 6 nitrogen and oxygen atoms in total. The van der Waals surface area contributed by atoms with Crippen LogP contribution < -0.4 is 4.90 Å². The standard InChI is InChI=1S/C16H12ClNO5/c1-16-5-4-10(23-16)11-12(16)14(20)18(13(11)19)7-2-3-9(17)8(6-7)15(21)22/h2-6,10-12H,1H3,(H,21,22)/t10-,11-,12+,16+/m1/s1. The molecular weight excluding hydrogens is 322 g/mol. The summed E-state index contributed by atoms with van der Waals surface area (Å²) in [7, 11) is 0. The third-order valence-electron chi connectivity index (χ3n) is 4.77. The van der Waals surface area contributed by atoms with Gasteiger partial charge in [0.25, 0.3) is 0 Å². The Morgan fingerprint density at radius 1 is 1.35 bits per heavy atom. The van der Waals surface area contributed by atoms with Gasteiger partial charge in [-0.15, -0.1) is 0 Å². The quantitative estimate of drug-likeness (QED) is 0.660. The van der Waals surface area contributed by atoms with E-state index in [-0.39, 0.29) is 28.1 Å². The molecule has 1 N–H and O–H groups in total. The van der Waals surface area contributed by atoms with Crippen LogP contribution in [0.2, 0.25) is 5.02 Å². The highest BCUT2D eigenvalue weighted by Crippen LogP contribution is 2.52. The Morgan fingerprint density at radius 3 is 2.74 bits per heavy atom. The largest absolute Gasteiger partial charge is 0.478 e. The lowest BCUT2D eigenvalue weighted by atomic mass is 9.78. The number of carbonyl (C=O) groups is 3. The summed E-state index contributed by atoms with van der Waals surface area (Å²) in [6.45, 7) is 1.79. The number of carboxylic acids is 1. The van der Waals surface area contributed by atoms with Crippen LogP contribution in [0.25, 0.3) is 0 Å². The number of aromatic carboxylic acids is 1. The van der Waals surface area contributed by atoms with E-state index >= 15 is 0 Å². The van der Waals surface area contributed by atoms with Gasteiger partial charge in [-0.1, -0.05) is 23.8 Å². The fraction of sp³-hybridized carbons (Fsp3) is 0.312. The normalized spacial score (nSPS) is 34.3. The van der Waals surface area contributed by atoms with E-state index in [1.807, 2.05) is 6.08 Å². The van der Waals surface area contributed by atoms with Gasteiger partial charge in [0.15, 0.2) is 0 Å². The number of ether oxygens (including phenoxy) is 1. The first-order valence-corrected chi connectivity index (χ1v) is 7.49. The number of rotatable bonds is 2. The van der Waals surface area contributed by atoms with Gasteiger partial charge in [0, 0.05) is 0 Å². The highest BCUT2D eigenvalue weighted by molar-refractivity contribution is 6.34. The first-order valence-electron chi connectivity index (χ1n) is 7.11. The molecule has 2 bridgehead atoms. The van der Waals surface area contributed by atoms with Crippen molar-refractivity contribution in [2.24, 2.45) is 11.8 Å². The second-order valence-electron chi connectivity index (χ2n) is 6.11. The summed E-state index contributed by atoms with van der Waals surface area (Å²) in [5.74, 6) is -3.08. The minimum atomic E-state index is -1.21. The number of benzene rings is 1. The van der Waals surface area contributed by atoms with E-state index in [0.29, 0.717) is 0 Å². The molecule has 118 valence electrons. The number of carboxylic acid groups (broad SMARTS) is 1. The molecule has 7 heteroatoms. The van der Waals surface area contributed by atoms with E-state index in [4.69, 9.17) is 21.4 Å². The molecule has 4 rings (SSSR count). The Kier molecular flexibility index (Phi) is 2.77. The second kappa shape index (κ2) is 4.43. The summed E-state index contributed by atoms with van der Waals surface area (Å²) >= 11 is 5.85. The number of nitrogens with zero attached hydrogens (tertiary/aromatic N) is 1. The molecule has 0 unspecified atom stereocenters. The zero-order valence-electron chi connectivity index (χ0n) is 12.0. The van der Waals surface area contributed by atoms with Crippen LogP contribution in [0.15, 0.2) is 30.4 Å². The number of carbonyl (C=O) groups excluding carboxylic acids is 2. The molecule has 0 radical (unpaired) electrons. The van der Waals surface area contributed by atoms with E-state index in [2.05, 4.69) is 0 Å². The lowest BCUT2D eigenvalue weighted by Crippen LogP contribution is -2.38. The van der Waals surface area contributed by atoms with E-state index < -0.39 is 29.5 Å². The molecule has 4 atom stereocenters. The van der Waals surface area contributed by atoms with Gasteiger partial charge in [-0.2, -0.15) is 0 Å². The molecule has 0 aliphatic carbocycles. The minimum absolute atomic E-state index is 0.0533. The Balaban J connectivity index is 1.78. The summed E-state index contributed by atoms with van der Waals surface area (Å²) in [6, 6.07) is 4.10. The second-order valence-corrected chi connectivity index (χ2v) is 6.52. The molecule has 0 spiro atoms. The van der Waals surface area contributed by atoms with Gasteiger partial charge in [0.1, 0.15) is 0 Å². The van der Waals surface area contributed by atoms with Crippen LogP contribution in [0, 0.1) is 11.8 Å². The molecule has 2 amide bonds. The first-order chi connectivity index (χ1) is 10.8. The van der Waals surface area contributed by atoms with Gasteiger partial charge < -0.3 is 9.84 Å². The van der Waals surface area contributed by atoms with Crippen molar-refractivity contribution in [2.75, 3.05) is 4.90 Å². The van der Waals surface area contributed by atoms with E-state index in [9.17, 15) is 14.4 Å². The van der Waals surface area contributed by atoms with Crippen molar-refractivity contribution in [3.05, 3.63) is 40.9 Å². The van der Waals surface area contributed by atoms with Crippen LogP contribution in [0.5, 0.6) is 0 Å². The van der Waals surface area contributed by atoms with Crippen molar-refractivity contribution in [2.45, 2.75) is 18.6 Å². The summed E-state index contributed by atoms with van der Waals surface area (Å²) in [4.78, 5) is 37.7. The fourth-order valence-electron chi connectivity index (χ4n) is 3.72. The molecule has 0 aromatic heterocycles. The number of amides is 2. The van der Waals surface area contributed by atoms with Crippen LogP contribution in [0.4, 0.5) is 5.69 Å². The summed E-state index contributed by atoms with van der Waals surface area (Å²) in [5.41, 5.74) is -0.705. The van der Waals surface area contributed by atoms with Crippen molar-refractivity contribution >= 4 is 35.1 Å². The van der Waals surface area contributed by atoms with E-state index in [1.165, 1.54) is 18.2 Å². The Morgan fingerprint density at radius 2 is 2.09 bits per heavy atom. The van der Waals surface area contributed by atoms with Gasteiger partial charge in [-0.25, -0.2) is 9.69 Å². The van der Waals surface area contributed by atoms with Gasteiger partial charge in [0.2, 0.25) is 11.8 Å². The van der Waals surface area contributed by atoms with Crippen molar-refractivity contribution in [1.82, 2.24) is 0 Å². The smallest absolute Gasteiger partial charge is 0.337 e. The number of fused-ring (bicyclic) bond motifs is 5. The molecule has 2 fully saturated rings. The van der Waals surface area contributed by atoms with E-state index in [0.717, 1.165) is 4.90 Å². The molecule has 23 heavy (non-hydrogen) atoms. The van der Waals surface area contributed by atoms with Gasteiger partial charge >= 0.3 is 5.97 Å². The number of anilines is 1. The lowest BCUT2D eigenvalue weighted by molar-refractivity contribution is -0.126. The van der Waals surface area contributed by atoms with Crippen molar-refractivity contribution in [3.63, 3.8) is 0 Å². The third kappa shape index (κ3) is 1.76. The zero-order valence-corrected chi connectivity index (χ0v) is 12.8. The molecule has 0 saturated carbocycles. The molecule has 3 heterocycles. The van der Waals surface area contributed by atoms with Gasteiger partial charge in [-0.05, 0) is 25.1 Å². The molecule has 3 aliphatic heterocycles. The van der Waals surface area contributed by atoms with E-state index in [1.54, 1.807) is 13.0 Å². The van der Waals surface area contributed by atoms with Crippen LogP contribution >= 0.6 is 11.6 Å². The molecule has 3 aliphatic rings. The van der Waals surface area contributed by atoms with Crippen molar-refractivity contribution < 1.29 is 24.2 Å². The van der Waals surface area contributed by atoms with Crippen LogP contribution in [-0.2, 0) is 14.3 Å². The molecular formula is C16H12ClNO5. The van der Waals surface area contributed by atoms with Gasteiger partial charge in [-0.3, -0.25) is 9.59 Å². The maximum absolute atomic E-state index is 12.8. The first kappa shape index (κ1) is 14.4. The fourth-order valence-corrected chi connectivity index (χ4v) is 3.92. The number of hydrogen-bond acceptors (Lipinski definition) is 4. The maximum atomic E-state index is 12.8. The maximum Gasteiger partial charge on any atom is 0.337 e. The molecule has 2 saturated heterocycles. The third-order valence-corrected chi connectivity index (χ3v) is 5.10. The predicted octanol–water partition coefficient (Wildman–Crippen LogP) is 1.87. The topological polar surface area (TPSA) is 83.9 Å². The highest BCUT2D eigenvalue weighted by atomic mass is 35.5. The average molecular weight is 334 g/mol. The minimum Gasteiger partial charge on any atom is -0.478 e.